The van der Waals surface area contributed by atoms with E-state index >= 15 is 0 Å². The van der Waals surface area contributed by atoms with Crippen LogP contribution in [0.3, 0.4) is 0 Å². The number of nitrogens with zero attached hydrogens (tertiary/aromatic N) is 2. The lowest BCUT2D eigenvalue weighted by Crippen LogP contribution is -2.29. The van der Waals surface area contributed by atoms with E-state index in [1.165, 1.54) is 0 Å². The highest BCUT2D eigenvalue weighted by molar-refractivity contribution is 5.89. The minimum Gasteiger partial charge on any atom is -0.481 e. The quantitative estimate of drug-likeness (QED) is 0.719. The van der Waals surface area contributed by atoms with E-state index in [-0.39, 0.29) is 11.8 Å². The van der Waals surface area contributed by atoms with E-state index < -0.39 is 11.9 Å². The first-order valence-electron chi connectivity index (χ1n) is 5.16. The van der Waals surface area contributed by atoms with Crippen LogP contribution in [-0.2, 0) is 16.1 Å². The fraction of sp³-hybridized carbons (Fsp3) is 0.500. The molecule has 1 amide bonds. The zero-order chi connectivity index (χ0) is 11.5. The molecule has 0 aromatic carbocycles. The van der Waals surface area contributed by atoms with E-state index in [9.17, 15) is 9.59 Å². The zero-order valence-corrected chi connectivity index (χ0v) is 8.67. The molecule has 0 spiro atoms. The predicted octanol–water partition coefficient (Wildman–Crippen LogP) is -0.280. The first-order chi connectivity index (χ1) is 7.68. The highest BCUT2D eigenvalue weighted by atomic mass is 16.4. The fourth-order valence-electron chi connectivity index (χ4n) is 1.62. The summed E-state index contributed by atoms with van der Waals surface area (Å²) in [6, 6.07) is 1.81. The molecule has 16 heavy (non-hydrogen) atoms. The highest BCUT2D eigenvalue weighted by Crippen LogP contribution is 2.38. The Hall–Kier alpha value is -1.85. The molecule has 86 valence electrons. The Balaban J connectivity index is 1.68. The van der Waals surface area contributed by atoms with Gasteiger partial charge in [0.2, 0.25) is 5.91 Å². The number of carboxylic acids is 1. The lowest BCUT2D eigenvalue weighted by atomic mass is 10.3. The smallest absolute Gasteiger partial charge is 0.307 e. The fourth-order valence-corrected chi connectivity index (χ4v) is 1.62. The first kappa shape index (κ1) is 10.7. The van der Waals surface area contributed by atoms with E-state index in [0.29, 0.717) is 19.5 Å². The number of nitrogens with one attached hydrogen (secondary N) is 1. The summed E-state index contributed by atoms with van der Waals surface area (Å²) in [4.78, 5) is 22.0. The molecule has 1 aliphatic carbocycles. The van der Waals surface area contributed by atoms with Gasteiger partial charge in [-0.2, -0.15) is 5.10 Å². The van der Waals surface area contributed by atoms with Crippen LogP contribution in [0.4, 0.5) is 0 Å². The number of hydrogen-bond acceptors (Lipinski definition) is 3. The predicted molar refractivity (Wildman–Crippen MR) is 54.5 cm³/mol. The standard InChI is InChI=1S/C10H13N3O3/c14-9(7-6-8(7)10(15)16)11-3-5-13-4-1-2-12-13/h1-2,4,7-8H,3,5-6H2,(H,11,14)(H,15,16). The normalized spacial score (nSPS) is 22.8. The summed E-state index contributed by atoms with van der Waals surface area (Å²) in [6.45, 7) is 1.08. The van der Waals surface area contributed by atoms with Crippen LogP contribution < -0.4 is 5.32 Å². The van der Waals surface area contributed by atoms with Crippen LogP contribution in [0.15, 0.2) is 18.5 Å². The van der Waals surface area contributed by atoms with Gasteiger partial charge >= 0.3 is 5.97 Å². The summed E-state index contributed by atoms with van der Waals surface area (Å²) in [7, 11) is 0. The number of carboxylic acid groups (broad SMARTS) is 1. The van der Waals surface area contributed by atoms with Crippen molar-refractivity contribution in [2.24, 2.45) is 11.8 Å². The molecule has 1 aromatic heterocycles. The summed E-state index contributed by atoms with van der Waals surface area (Å²) in [5, 5.41) is 15.3. The van der Waals surface area contributed by atoms with Crippen LogP contribution in [0.1, 0.15) is 6.42 Å². The lowest BCUT2D eigenvalue weighted by Gasteiger charge is -2.04. The van der Waals surface area contributed by atoms with E-state index in [0.717, 1.165) is 0 Å². The van der Waals surface area contributed by atoms with Gasteiger partial charge in [-0.05, 0) is 12.5 Å². The third-order valence-electron chi connectivity index (χ3n) is 2.64. The molecule has 2 unspecified atom stereocenters. The number of amides is 1. The van der Waals surface area contributed by atoms with Crippen LogP contribution in [0, 0.1) is 11.8 Å². The first-order valence-corrected chi connectivity index (χ1v) is 5.16. The van der Waals surface area contributed by atoms with Crippen molar-refractivity contribution in [2.75, 3.05) is 6.54 Å². The minimum atomic E-state index is -0.882. The van der Waals surface area contributed by atoms with Gasteiger partial charge in [0.05, 0.1) is 18.4 Å². The second-order valence-electron chi connectivity index (χ2n) is 3.85. The minimum absolute atomic E-state index is 0.167. The van der Waals surface area contributed by atoms with Crippen LogP contribution >= 0.6 is 0 Å². The van der Waals surface area contributed by atoms with Crippen molar-refractivity contribution >= 4 is 11.9 Å². The van der Waals surface area contributed by atoms with Crippen LogP contribution in [0.5, 0.6) is 0 Å². The number of carbonyl (C=O) groups excluding carboxylic acids is 1. The van der Waals surface area contributed by atoms with Crippen molar-refractivity contribution in [1.29, 1.82) is 0 Å². The number of carbonyl (C=O) groups is 2. The van der Waals surface area contributed by atoms with E-state index in [4.69, 9.17) is 5.11 Å². The molecule has 1 saturated carbocycles. The second-order valence-corrected chi connectivity index (χ2v) is 3.85. The Kier molecular flexibility index (Phi) is 2.89. The van der Waals surface area contributed by atoms with E-state index in [1.54, 1.807) is 10.9 Å². The Bertz CT molecular complexity index is 388. The number of aromatic nitrogens is 2. The van der Waals surface area contributed by atoms with Crippen LogP contribution in [0.2, 0.25) is 0 Å². The molecule has 1 aliphatic rings. The Morgan fingerprint density at radius 3 is 2.88 bits per heavy atom. The molecule has 0 radical (unpaired) electrons. The topological polar surface area (TPSA) is 84.2 Å². The molecule has 1 aromatic rings. The van der Waals surface area contributed by atoms with Gasteiger partial charge in [0, 0.05) is 18.9 Å². The molecule has 1 heterocycles. The molecule has 0 saturated heterocycles. The van der Waals surface area contributed by atoms with Gasteiger partial charge < -0.3 is 10.4 Å². The summed E-state index contributed by atoms with van der Waals surface area (Å²) in [5.41, 5.74) is 0. The maximum absolute atomic E-state index is 11.4. The number of rotatable bonds is 5. The van der Waals surface area contributed by atoms with Gasteiger partial charge in [-0.1, -0.05) is 0 Å². The van der Waals surface area contributed by atoms with Crippen molar-refractivity contribution in [1.82, 2.24) is 15.1 Å². The maximum atomic E-state index is 11.4. The number of hydrogen-bond donors (Lipinski definition) is 2. The van der Waals surface area contributed by atoms with Crippen molar-refractivity contribution in [2.45, 2.75) is 13.0 Å². The van der Waals surface area contributed by atoms with E-state index in [1.807, 2.05) is 12.3 Å². The molecule has 0 bridgehead atoms. The average Bonchev–Trinajstić information content (AvgIpc) is 2.90. The Morgan fingerprint density at radius 1 is 1.50 bits per heavy atom. The average molecular weight is 223 g/mol. The van der Waals surface area contributed by atoms with Gasteiger partial charge in [0.1, 0.15) is 0 Å². The molecule has 6 nitrogen and oxygen atoms in total. The van der Waals surface area contributed by atoms with E-state index in [2.05, 4.69) is 10.4 Å². The summed E-state index contributed by atoms with van der Waals surface area (Å²) in [5.74, 6) is -1.87. The molecule has 6 heteroatoms. The highest BCUT2D eigenvalue weighted by Gasteiger charge is 2.48. The zero-order valence-electron chi connectivity index (χ0n) is 8.67. The molecule has 2 rings (SSSR count). The van der Waals surface area contributed by atoms with Crippen molar-refractivity contribution in [3.63, 3.8) is 0 Å². The Morgan fingerprint density at radius 2 is 2.31 bits per heavy atom. The molecule has 1 fully saturated rings. The molecular weight excluding hydrogens is 210 g/mol. The van der Waals surface area contributed by atoms with Gasteiger partial charge in [-0.15, -0.1) is 0 Å². The van der Waals surface area contributed by atoms with Gasteiger partial charge in [0.15, 0.2) is 0 Å². The SMILES string of the molecule is O=C(O)C1CC1C(=O)NCCn1cccn1. The number of aliphatic carboxylic acids is 1. The Labute approximate surface area is 92.3 Å². The molecule has 2 atom stereocenters. The monoisotopic (exact) mass is 223 g/mol. The summed E-state index contributed by atoms with van der Waals surface area (Å²) in [6.07, 6.45) is 3.94. The largest absolute Gasteiger partial charge is 0.481 e. The third-order valence-corrected chi connectivity index (χ3v) is 2.64. The summed E-state index contributed by atoms with van der Waals surface area (Å²) < 4.78 is 1.71. The molecule has 2 N–H and O–H groups in total. The van der Waals surface area contributed by atoms with Crippen molar-refractivity contribution < 1.29 is 14.7 Å². The van der Waals surface area contributed by atoms with Crippen molar-refractivity contribution in [3.05, 3.63) is 18.5 Å². The third kappa shape index (κ3) is 2.39. The van der Waals surface area contributed by atoms with Crippen LogP contribution in [-0.4, -0.2) is 33.3 Å². The lowest BCUT2D eigenvalue weighted by molar-refractivity contribution is -0.140. The van der Waals surface area contributed by atoms with Crippen molar-refractivity contribution in [3.8, 4) is 0 Å². The molecule has 0 aliphatic heterocycles. The molecular formula is C10H13N3O3. The maximum Gasteiger partial charge on any atom is 0.307 e. The van der Waals surface area contributed by atoms with Crippen LogP contribution in [0.25, 0.3) is 0 Å². The summed E-state index contributed by atoms with van der Waals surface area (Å²) >= 11 is 0. The van der Waals surface area contributed by atoms with Gasteiger partial charge in [0.25, 0.3) is 0 Å². The second kappa shape index (κ2) is 4.34. The van der Waals surface area contributed by atoms with Gasteiger partial charge in [-0.3, -0.25) is 14.3 Å². The van der Waals surface area contributed by atoms with Gasteiger partial charge in [-0.25, -0.2) is 0 Å².